The van der Waals surface area contributed by atoms with Gasteiger partial charge in [-0.2, -0.15) is 0 Å². The Bertz CT molecular complexity index is 2070. The maximum Gasteiger partial charge on any atom is 0.123 e. The van der Waals surface area contributed by atoms with Crippen LogP contribution in [0.25, 0.3) is 54.6 Å². The van der Waals surface area contributed by atoms with Crippen LogP contribution in [0.1, 0.15) is 112 Å². The van der Waals surface area contributed by atoms with Gasteiger partial charge in [-0.05, 0) is 156 Å². The molecule has 4 aliphatic rings. The molecule has 0 saturated heterocycles. The molecule has 224 valence electrons. The third kappa shape index (κ3) is 3.26. The molecule has 0 nitrogen and oxygen atoms in total. The zero-order valence-electron chi connectivity index (χ0n) is 26.3. The maximum absolute atomic E-state index is 15.2. The van der Waals surface area contributed by atoms with Crippen molar-refractivity contribution in [2.75, 3.05) is 0 Å². The lowest BCUT2D eigenvalue weighted by Crippen LogP contribution is -2.35. The molecule has 6 aromatic rings. The summed E-state index contributed by atoms with van der Waals surface area (Å²) in [6.07, 6.45) is 11.4. The lowest BCUT2D eigenvalue weighted by Gasteiger charge is -2.46. The lowest BCUT2D eigenvalue weighted by atomic mass is 9.56. The fraction of sp³-hybridized carbons (Fsp3) is 0.349. The molecule has 0 amide bonds. The fourth-order valence-electron chi connectivity index (χ4n) is 10.7. The lowest BCUT2D eigenvalue weighted by molar-refractivity contribution is 0.346. The van der Waals surface area contributed by atoms with E-state index in [1.54, 1.807) is 12.1 Å². The van der Waals surface area contributed by atoms with Crippen molar-refractivity contribution in [3.05, 3.63) is 106 Å². The van der Waals surface area contributed by atoms with Crippen molar-refractivity contribution in [3.63, 3.8) is 0 Å². The van der Waals surface area contributed by atoms with E-state index < -0.39 is 0 Å². The number of benzene rings is 6. The normalized spacial score (nSPS) is 19.2. The zero-order chi connectivity index (χ0) is 30.2. The van der Waals surface area contributed by atoms with Crippen LogP contribution in [-0.2, 0) is 10.8 Å². The molecule has 0 radical (unpaired) electrons. The molecule has 0 aliphatic heterocycles. The van der Waals surface area contributed by atoms with Gasteiger partial charge < -0.3 is 0 Å². The molecule has 0 aromatic heterocycles. The Morgan fingerprint density at radius 3 is 1.38 bits per heavy atom. The number of rotatable bonds is 1. The number of halogens is 2. The van der Waals surface area contributed by atoms with Gasteiger partial charge in [0.05, 0.1) is 0 Å². The molecule has 0 N–H and O–H groups in total. The second-order valence-corrected chi connectivity index (χ2v) is 15.1. The van der Waals surface area contributed by atoms with Crippen LogP contribution in [0.15, 0.2) is 66.7 Å². The first-order valence-corrected chi connectivity index (χ1v) is 17.3. The summed E-state index contributed by atoms with van der Waals surface area (Å²) in [4.78, 5) is 0. The molecule has 2 heteroatoms. The molecule has 0 bridgehead atoms. The first-order valence-electron chi connectivity index (χ1n) is 17.3. The molecule has 2 fully saturated rings. The molecule has 10 rings (SSSR count). The van der Waals surface area contributed by atoms with E-state index in [0.717, 1.165) is 25.7 Å². The highest BCUT2D eigenvalue weighted by molar-refractivity contribution is 6.31. The quantitative estimate of drug-likeness (QED) is 0.167. The predicted octanol–water partition coefficient (Wildman–Crippen LogP) is 12.4. The number of fused-ring (bicyclic) bond motifs is 8. The van der Waals surface area contributed by atoms with Gasteiger partial charge in [0, 0.05) is 10.8 Å². The molecule has 2 spiro atoms. The summed E-state index contributed by atoms with van der Waals surface area (Å²) in [6, 6.07) is 23.5. The topological polar surface area (TPSA) is 0 Å². The Kier molecular flexibility index (Phi) is 5.25. The molecule has 0 heterocycles. The predicted molar refractivity (Wildman–Crippen MR) is 183 cm³/mol. The van der Waals surface area contributed by atoms with E-state index in [4.69, 9.17) is 0 Å². The fourth-order valence-corrected chi connectivity index (χ4v) is 10.7. The van der Waals surface area contributed by atoms with Gasteiger partial charge in [0.1, 0.15) is 11.6 Å². The van der Waals surface area contributed by atoms with Gasteiger partial charge in [-0.1, -0.05) is 76.6 Å². The summed E-state index contributed by atoms with van der Waals surface area (Å²) in [5.74, 6) is 0.114. The van der Waals surface area contributed by atoms with E-state index in [0.29, 0.717) is 5.92 Å². The Hall–Kier alpha value is -3.78. The van der Waals surface area contributed by atoms with Gasteiger partial charge in [0.25, 0.3) is 0 Å². The van der Waals surface area contributed by atoms with E-state index in [1.807, 2.05) is 12.1 Å². The average Bonchev–Trinajstić information content (AvgIpc) is 3.06. The Labute approximate surface area is 263 Å². The van der Waals surface area contributed by atoms with Gasteiger partial charge in [-0.15, -0.1) is 0 Å². The molecule has 2 saturated carbocycles. The van der Waals surface area contributed by atoms with E-state index >= 15 is 8.78 Å². The van der Waals surface area contributed by atoms with Gasteiger partial charge in [-0.3, -0.25) is 0 Å². The Balaban J connectivity index is 1.48. The van der Waals surface area contributed by atoms with Crippen molar-refractivity contribution >= 4 is 32.3 Å². The molecule has 0 unspecified atom stereocenters. The Morgan fingerprint density at radius 1 is 0.467 bits per heavy atom. The SMILES string of the molecule is CC(C)c1cc2cc3c4c(cc5c6c(cc(c1)c2c46)C1(CCCCC1)c1cc(F)ccc1-5)-c1ccc(F)cc1C31CCCCC1. The molecular formula is C43H38F2. The van der Waals surface area contributed by atoms with Gasteiger partial charge in [-0.25, -0.2) is 8.78 Å². The third-order valence-corrected chi connectivity index (χ3v) is 12.6. The minimum absolute atomic E-state index is 0.145. The molecule has 0 atom stereocenters. The van der Waals surface area contributed by atoms with Crippen LogP contribution in [0.4, 0.5) is 8.78 Å². The van der Waals surface area contributed by atoms with Crippen LogP contribution >= 0.6 is 0 Å². The van der Waals surface area contributed by atoms with Crippen LogP contribution in [0, 0.1) is 11.6 Å². The highest BCUT2D eigenvalue weighted by Gasteiger charge is 2.47. The molecular weight excluding hydrogens is 554 g/mol. The molecule has 4 aliphatic carbocycles. The summed E-state index contributed by atoms with van der Waals surface area (Å²) in [5, 5.41) is 8.19. The monoisotopic (exact) mass is 592 g/mol. The van der Waals surface area contributed by atoms with Crippen LogP contribution in [0.5, 0.6) is 0 Å². The second-order valence-electron chi connectivity index (χ2n) is 15.1. The minimum atomic E-state index is -0.182. The standard InChI is InChI=1S/C43H38F2/c1-24(2)25-17-26-19-36-39-32(30-11-9-28(44)21-34(30)42(36)13-5-3-6-14-42)23-33-31-12-10-29(45)22-35(31)43(15-7-4-8-16-43)37-20-27(18-25)38(26)41(39)40(33)37/h9-12,17-24H,3-8,13-16H2,1-2H3. The zero-order valence-corrected chi connectivity index (χ0v) is 26.3. The van der Waals surface area contributed by atoms with E-state index in [-0.39, 0.29) is 22.5 Å². The second kappa shape index (κ2) is 8.93. The van der Waals surface area contributed by atoms with Crippen LogP contribution < -0.4 is 0 Å². The summed E-state index contributed by atoms with van der Waals surface area (Å²) < 4.78 is 30.4. The van der Waals surface area contributed by atoms with Crippen molar-refractivity contribution in [3.8, 4) is 22.3 Å². The third-order valence-electron chi connectivity index (χ3n) is 12.6. The number of hydrogen-bond donors (Lipinski definition) is 0. The van der Waals surface area contributed by atoms with Crippen molar-refractivity contribution in [1.82, 2.24) is 0 Å². The largest absolute Gasteiger partial charge is 0.207 e. The van der Waals surface area contributed by atoms with E-state index in [9.17, 15) is 0 Å². The maximum atomic E-state index is 15.2. The molecule has 45 heavy (non-hydrogen) atoms. The van der Waals surface area contributed by atoms with Gasteiger partial charge >= 0.3 is 0 Å². The van der Waals surface area contributed by atoms with Gasteiger partial charge in [0.2, 0.25) is 0 Å². The minimum Gasteiger partial charge on any atom is -0.207 e. The van der Waals surface area contributed by atoms with E-state index in [1.165, 1.54) is 121 Å². The van der Waals surface area contributed by atoms with E-state index in [2.05, 4.69) is 56.3 Å². The van der Waals surface area contributed by atoms with Crippen LogP contribution in [0.2, 0.25) is 0 Å². The smallest absolute Gasteiger partial charge is 0.123 e. The summed E-state index contributed by atoms with van der Waals surface area (Å²) in [7, 11) is 0. The summed E-state index contributed by atoms with van der Waals surface area (Å²) >= 11 is 0. The first-order chi connectivity index (χ1) is 21.9. The van der Waals surface area contributed by atoms with Crippen LogP contribution in [0.3, 0.4) is 0 Å². The van der Waals surface area contributed by atoms with Crippen molar-refractivity contribution in [1.29, 1.82) is 0 Å². The summed E-state index contributed by atoms with van der Waals surface area (Å²) in [5.41, 5.74) is 11.0. The van der Waals surface area contributed by atoms with Crippen molar-refractivity contribution in [2.24, 2.45) is 0 Å². The average molecular weight is 593 g/mol. The number of hydrogen-bond acceptors (Lipinski definition) is 0. The summed E-state index contributed by atoms with van der Waals surface area (Å²) in [6.45, 7) is 4.58. The highest BCUT2D eigenvalue weighted by Crippen LogP contribution is 2.62. The Morgan fingerprint density at radius 2 is 0.933 bits per heavy atom. The van der Waals surface area contributed by atoms with Crippen molar-refractivity contribution < 1.29 is 8.78 Å². The molecule has 6 aromatic carbocycles. The highest BCUT2D eigenvalue weighted by atomic mass is 19.1. The first kappa shape index (κ1) is 26.4. The van der Waals surface area contributed by atoms with Gasteiger partial charge in [0.15, 0.2) is 0 Å². The van der Waals surface area contributed by atoms with Crippen LogP contribution in [-0.4, -0.2) is 0 Å². The van der Waals surface area contributed by atoms with Crippen molar-refractivity contribution in [2.45, 2.75) is 94.8 Å².